The van der Waals surface area contributed by atoms with E-state index in [0.717, 1.165) is 17.4 Å². The molecule has 1 aromatic heterocycles. The van der Waals surface area contributed by atoms with Gasteiger partial charge in [-0.1, -0.05) is 35.9 Å². The summed E-state index contributed by atoms with van der Waals surface area (Å²) in [4.78, 5) is 15.1. The summed E-state index contributed by atoms with van der Waals surface area (Å²) in [6, 6.07) is 11.0. The molecule has 0 N–H and O–H groups in total. The predicted molar refractivity (Wildman–Crippen MR) is 69.6 cm³/mol. The van der Waals surface area contributed by atoms with Crippen molar-refractivity contribution in [1.29, 1.82) is 0 Å². The van der Waals surface area contributed by atoms with Crippen molar-refractivity contribution in [1.82, 2.24) is 4.98 Å². The van der Waals surface area contributed by atoms with Crippen LogP contribution in [0, 0.1) is 0 Å². The van der Waals surface area contributed by atoms with Gasteiger partial charge in [0, 0.05) is 28.6 Å². The lowest BCUT2D eigenvalue weighted by Crippen LogP contribution is -1.87. The number of hydrogen-bond acceptors (Lipinski definition) is 2. The van der Waals surface area contributed by atoms with Crippen LogP contribution < -0.4 is 0 Å². The third-order valence-electron chi connectivity index (χ3n) is 2.34. The maximum absolute atomic E-state index is 11.1. The number of aromatic nitrogens is 1. The molecule has 3 heteroatoms. The molecule has 0 spiro atoms. The smallest absolute Gasteiger partial charge is 0.150 e. The molecule has 17 heavy (non-hydrogen) atoms. The molecule has 0 aliphatic carbocycles. The summed E-state index contributed by atoms with van der Waals surface area (Å²) >= 11 is 6.04. The van der Waals surface area contributed by atoms with Gasteiger partial charge in [0.2, 0.25) is 0 Å². The van der Waals surface area contributed by atoms with Gasteiger partial charge in [0.1, 0.15) is 0 Å². The molecule has 1 aromatic carbocycles. The van der Waals surface area contributed by atoms with E-state index < -0.39 is 0 Å². The number of pyridine rings is 1. The lowest BCUT2D eigenvalue weighted by atomic mass is 10.1. The Hall–Kier alpha value is -1.93. The Kier molecular flexibility index (Phi) is 3.68. The minimum Gasteiger partial charge on any atom is -0.298 e. The molecule has 0 saturated heterocycles. The van der Waals surface area contributed by atoms with E-state index in [9.17, 15) is 4.79 Å². The van der Waals surface area contributed by atoms with Crippen molar-refractivity contribution in [3.63, 3.8) is 0 Å². The second kappa shape index (κ2) is 5.41. The van der Waals surface area contributed by atoms with E-state index in [0.29, 0.717) is 10.6 Å². The number of carbonyl (C=O) groups excluding carboxylic acids is 1. The van der Waals surface area contributed by atoms with Crippen molar-refractivity contribution >= 4 is 29.5 Å². The summed E-state index contributed by atoms with van der Waals surface area (Å²) in [7, 11) is 0. The largest absolute Gasteiger partial charge is 0.298 e. The first kappa shape index (κ1) is 11.6. The van der Waals surface area contributed by atoms with Crippen LogP contribution >= 0.6 is 11.6 Å². The molecule has 0 unspecified atom stereocenters. The molecule has 1 heterocycles. The molecule has 0 radical (unpaired) electrons. The topological polar surface area (TPSA) is 30.0 Å². The molecule has 0 aliphatic rings. The second-order valence-corrected chi connectivity index (χ2v) is 3.89. The third kappa shape index (κ3) is 2.80. The normalized spacial score (nSPS) is 11.2. The zero-order valence-electron chi connectivity index (χ0n) is 9.01. The molecule has 2 nitrogen and oxygen atoms in total. The average molecular weight is 244 g/mol. The first-order valence-electron chi connectivity index (χ1n) is 5.13. The van der Waals surface area contributed by atoms with Gasteiger partial charge in [-0.25, -0.2) is 0 Å². The molecule has 84 valence electrons. The quantitative estimate of drug-likeness (QED) is 0.610. The maximum atomic E-state index is 11.1. The highest BCUT2D eigenvalue weighted by atomic mass is 35.5. The highest BCUT2D eigenvalue weighted by Gasteiger charge is 2.02. The van der Waals surface area contributed by atoms with Crippen LogP contribution in [-0.2, 0) is 4.79 Å². The molecular formula is C14H10ClNO. The van der Waals surface area contributed by atoms with Crippen molar-refractivity contribution in [2.24, 2.45) is 0 Å². The molecule has 0 fully saturated rings. The van der Waals surface area contributed by atoms with E-state index in [1.807, 2.05) is 24.3 Å². The van der Waals surface area contributed by atoms with Crippen LogP contribution in [0.3, 0.4) is 0 Å². The van der Waals surface area contributed by atoms with Gasteiger partial charge in [-0.2, -0.15) is 0 Å². The maximum Gasteiger partial charge on any atom is 0.150 e. The lowest BCUT2D eigenvalue weighted by Gasteiger charge is -2.01. The fourth-order valence-corrected chi connectivity index (χ4v) is 1.67. The molecule has 0 saturated carbocycles. The standard InChI is InChI=1S/C14H10ClNO/c15-14-6-2-1-4-11(14)8-13(10-17)12-5-3-7-16-9-12/h1-10H. The van der Waals surface area contributed by atoms with E-state index in [2.05, 4.69) is 4.98 Å². The summed E-state index contributed by atoms with van der Waals surface area (Å²) < 4.78 is 0. The minimum absolute atomic E-state index is 0.561. The lowest BCUT2D eigenvalue weighted by molar-refractivity contribution is -0.103. The summed E-state index contributed by atoms with van der Waals surface area (Å²) in [6.07, 6.45) is 5.88. The van der Waals surface area contributed by atoms with Crippen LogP contribution in [0.2, 0.25) is 5.02 Å². The number of benzene rings is 1. The Balaban J connectivity index is 2.44. The van der Waals surface area contributed by atoms with Crippen LogP contribution in [0.5, 0.6) is 0 Å². The van der Waals surface area contributed by atoms with Gasteiger partial charge in [-0.15, -0.1) is 0 Å². The number of halogens is 1. The molecule has 0 aliphatic heterocycles. The molecule has 2 aromatic rings. The fourth-order valence-electron chi connectivity index (χ4n) is 1.48. The number of carbonyl (C=O) groups is 1. The summed E-state index contributed by atoms with van der Waals surface area (Å²) in [5.74, 6) is 0. The Labute approximate surface area is 105 Å². The Morgan fingerprint density at radius 2 is 2.00 bits per heavy atom. The Morgan fingerprint density at radius 1 is 1.18 bits per heavy atom. The molecule has 2 rings (SSSR count). The Bertz CT molecular complexity index is 549. The zero-order valence-corrected chi connectivity index (χ0v) is 9.76. The number of nitrogens with zero attached hydrogens (tertiary/aromatic N) is 1. The van der Waals surface area contributed by atoms with Crippen molar-refractivity contribution in [3.05, 3.63) is 64.9 Å². The minimum atomic E-state index is 0.561. The van der Waals surface area contributed by atoms with E-state index in [-0.39, 0.29) is 0 Å². The van der Waals surface area contributed by atoms with Crippen LogP contribution in [0.4, 0.5) is 0 Å². The van der Waals surface area contributed by atoms with E-state index in [1.165, 1.54) is 0 Å². The molecule has 0 bridgehead atoms. The van der Waals surface area contributed by atoms with Gasteiger partial charge in [0.05, 0.1) is 0 Å². The third-order valence-corrected chi connectivity index (χ3v) is 2.68. The summed E-state index contributed by atoms with van der Waals surface area (Å²) in [5.41, 5.74) is 2.16. The van der Waals surface area contributed by atoms with Gasteiger partial charge in [0.25, 0.3) is 0 Å². The van der Waals surface area contributed by atoms with Crippen LogP contribution in [-0.4, -0.2) is 11.3 Å². The van der Waals surface area contributed by atoms with Crippen LogP contribution in [0.1, 0.15) is 11.1 Å². The Morgan fingerprint density at radius 3 is 2.65 bits per heavy atom. The molecule has 0 atom stereocenters. The highest BCUT2D eigenvalue weighted by Crippen LogP contribution is 2.21. The number of aldehydes is 1. The van der Waals surface area contributed by atoms with Crippen LogP contribution in [0.25, 0.3) is 11.6 Å². The van der Waals surface area contributed by atoms with Crippen molar-refractivity contribution < 1.29 is 4.79 Å². The van der Waals surface area contributed by atoms with Crippen molar-refractivity contribution in [3.8, 4) is 0 Å². The first-order valence-corrected chi connectivity index (χ1v) is 5.51. The average Bonchev–Trinajstić information content (AvgIpc) is 2.39. The monoisotopic (exact) mass is 243 g/mol. The van der Waals surface area contributed by atoms with Crippen LogP contribution in [0.15, 0.2) is 48.8 Å². The van der Waals surface area contributed by atoms with Crippen molar-refractivity contribution in [2.45, 2.75) is 0 Å². The van der Waals surface area contributed by atoms with E-state index >= 15 is 0 Å². The van der Waals surface area contributed by atoms with Gasteiger partial charge < -0.3 is 0 Å². The van der Waals surface area contributed by atoms with Gasteiger partial charge in [-0.05, 0) is 23.8 Å². The van der Waals surface area contributed by atoms with Gasteiger partial charge in [-0.3, -0.25) is 9.78 Å². The highest BCUT2D eigenvalue weighted by molar-refractivity contribution is 6.32. The van der Waals surface area contributed by atoms with Gasteiger partial charge in [0.15, 0.2) is 6.29 Å². The number of rotatable bonds is 3. The molecule has 0 amide bonds. The molecular weight excluding hydrogens is 234 g/mol. The summed E-state index contributed by atoms with van der Waals surface area (Å²) in [6.45, 7) is 0. The predicted octanol–water partition coefficient (Wildman–Crippen LogP) is 3.47. The SMILES string of the molecule is O=CC(=Cc1ccccc1Cl)c1cccnc1. The summed E-state index contributed by atoms with van der Waals surface area (Å²) in [5, 5.41) is 0.621. The zero-order chi connectivity index (χ0) is 12.1. The fraction of sp³-hybridized carbons (Fsp3) is 0. The number of allylic oxidation sites excluding steroid dienone is 1. The second-order valence-electron chi connectivity index (χ2n) is 3.48. The first-order chi connectivity index (χ1) is 8.31. The van der Waals surface area contributed by atoms with Crippen molar-refractivity contribution in [2.75, 3.05) is 0 Å². The van der Waals surface area contributed by atoms with Gasteiger partial charge >= 0.3 is 0 Å². The van der Waals surface area contributed by atoms with E-state index in [4.69, 9.17) is 11.6 Å². The number of hydrogen-bond donors (Lipinski definition) is 0. The van der Waals surface area contributed by atoms with E-state index in [1.54, 1.807) is 30.6 Å².